The number of rotatable bonds is 7. The van der Waals surface area contributed by atoms with Crippen molar-refractivity contribution >= 4 is 57.0 Å². The molecule has 0 radical (unpaired) electrons. The van der Waals surface area contributed by atoms with Crippen molar-refractivity contribution < 1.29 is 23.5 Å². The predicted octanol–water partition coefficient (Wildman–Crippen LogP) is 4.79. The third kappa shape index (κ3) is 6.08. The lowest BCUT2D eigenvalue weighted by Gasteiger charge is -2.04. The maximum Gasteiger partial charge on any atom is 0.355 e. The van der Waals surface area contributed by atoms with Crippen LogP contribution in [0.25, 0.3) is 10.1 Å². The number of esters is 1. The van der Waals surface area contributed by atoms with Crippen molar-refractivity contribution in [1.82, 2.24) is 10.7 Å². The van der Waals surface area contributed by atoms with E-state index in [9.17, 15) is 18.8 Å². The number of nitrogens with zero attached hydrogens (tertiary/aromatic N) is 1. The van der Waals surface area contributed by atoms with Gasteiger partial charge in [0.25, 0.3) is 11.8 Å². The Morgan fingerprint density at radius 3 is 2.43 bits per heavy atom. The number of hydrogen-bond donors (Lipinski definition) is 2. The lowest BCUT2D eigenvalue weighted by Crippen LogP contribution is -2.34. The van der Waals surface area contributed by atoms with Gasteiger partial charge in [-0.15, -0.1) is 11.3 Å². The number of amides is 2. The molecule has 0 unspecified atom stereocenters. The minimum atomic E-state index is -0.549. The smallest absolute Gasteiger partial charge is 0.355 e. The number of hydrazone groups is 1. The van der Waals surface area contributed by atoms with Crippen LogP contribution in [-0.4, -0.2) is 30.5 Å². The molecule has 35 heavy (non-hydrogen) atoms. The standard InChI is InChI=1S/C25H17ClFN3O4S/c26-22-19-3-1-2-4-20(19)35-23(22)25(33)34-18-11-5-15(6-12-18)13-29-30-21(31)14-28-24(32)16-7-9-17(27)10-8-16/h1-13H,14H2,(H,28,32)(H,30,31). The lowest BCUT2D eigenvalue weighted by atomic mass is 10.2. The molecule has 4 aromatic rings. The Hall–Kier alpha value is -4.08. The van der Waals surface area contributed by atoms with Crippen LogP contribution in [0.2, 0.25) is 5.02 Å². The van der Waals surface area contributed by atoms with E-state index < -0.39 is 23.6 Å². The predicted molar refractivity (Wildman–Crippen MR) is 133 cm³/mol. The molecule has 0 fully saturated rings. The zero-order valence-electron chi connectivity index (χ0n) is 18.0. The van der Waals surface area contributed by atoms with E-state index in [1.165, 1.54) is 29.7 Å². The van der Waals surface area contributed by atoms with Crippen molar-refractivity contribution in [2.24, 2.45) is 5.10 Å². The van der Waals surface area contributed by atoms with Gasteiger partial charge < -0.3 is 10.1 Å². The van der Waals surface area contributed by atoms with Crippen LogP contribution in [-0.2, 0) is 4.79 Å². The van der Waals surface area contributed by atoms with Gasteiger partial charge in [0, 0.05) is 15.6 Å². The number of ether oxygens (including phenoxy) is 1. The fourth-order valence-corrected chi connectivity index (χ4v) is 4.39. The summed E-state index contributed by atoms with van der Waals surface area (Å²) in [6.45, 7) is -0.303. The third-order valence-electron chi connectivity index (χ3n) is 4.73. The normalized spacial score (nSPS) is 10.9. The second-order valence-electron chi connectivity index (χ2n) is 7.18. The summed E-state index contributed by atoms with van der Waals surface area (Å²) in [5.74, 6) is -1.73. The highest BCUT2D eigenvalue weighted by atomic mass is 35.5. The Labute approximate surface area is 208 Å². The van der Waals surface area contributed by atoms with E-state index in [0.717, 1.165) is 22.2 Å². The van der Waals surface area contributed by atoms with Crippen LogP contribution in [0, 0.1) is 5.82 Å². The topological polar surface area (TPSA) is 96.9 Å². The van der Waals surface area contributed by atoms with Crippen LogP contribution < -0.4 is 15.5 Å². The molecule has 3 aromatic carbocycles. The molecule has 2 N–H and O–H groups in total. The highest BCUT2D eigenvalue weighted by Gasteiger charge is 2.18. The van der Waals surface area contributed by atoms with Gasteiger partial charge in [-0.25, -0.2) is 14.6 Å². The largest absolute Gasteiger partial charge is 0.422 e. The van der Waals surface area contributed by atoms with Gasteiger partial charge in [0.2, 0.25) is 0 Å². The van der Waals surface area contributed by atoms with Crippen molar-refractivity contribution in [2.45, 2.75) is 0 Å². The number of nitrogens with one attached hydrogen (secondary N) is 2. The Bertz CT molecular complexity index is 1420. The fraction of sp³-hybridized carbons (Fsp3) is 0.0400. The summed E-state index contributed by atoms with van der Waals surface area (Å²) < 4.78 is 19.2. The van der Waals surface area contributed by atoms with Crippen LogP contribution in [0.1, 0.15) is 25.6 Å². The number of fused-ring (bicyclic) bond motifs is 1. The SMILES string of the molecule is O=C(CNC(=O)c1ccc(F)cc1)NN=Cc1ccc(OC(=O)c2sc3ccccc3c2Cl)cc1. The maximum atomic E-state index is 12.9. The zero-order valence-corrected chi connectivity index (χ0v) is 19.5. The molecule has 0 aliphatic carbocycles. The number of halogens is 2. The summed E-state index contributed by atoms with van der Waals surface area (Å²) in [6.07, 6.45) is 1.40. The second-order valence-corrected chi connectivity index (χ2v) is 8.61. The second kappa shape index (κ2) is 10.9. The Morgan fingerprint density at radius 1 is 1.00 bits per heavy atom. The minimum Gasteiger partial charge on any atom is -0.422 e. The molecule has 0 atom stereocenters. The molecule has 0 aliphatic rings. The highest BCUT2D eigenvalue weighted by molar-refractivity contribution is 7.21. The van der Waals surface area contributed by atoms with Crippen LogP contribution in [0.5, 0.6) is 5.75 Å². The molecule has 1 aromatic heterocycles. The number of thiophene rings is 1. The minimum absolute atomic E-state index is 0.234. The molecule has 1 heterocycles. The van der Waals surface area contributed by atoms with Gasteiger partial charge in [-0.05, 0) is 60.2 Å². The van der Waals surface area contributed by atoms with Crippen LogP contribution in [0.4, 0.5) is 4.39 Å². The molecule has 0 aliphatic heterocycles. The molecule has 176 valence electrons. The van der Waals surface area contributed by atoms with Crippen LogP contribution in [0.15, 0.2) is 77.9 Å². The van der Waals surface area contributed by atoms with E-state index in [0.29, 0.717) is 21.2 Å². The first kappa shape index (κ1) is 24.1. The monoisotopic (exact) mass is 509 g/mol. The number of benzene rings is 3. The van der Waals surface area contributed by atoms with E-state index in [4.69, 9.17) is 16.3 Å². The van der Waals surface area contributed by atoms with E-state index >= 15 is 0 Å². The van der Waals surface area contributed by atoms with Crippen LogP contribution >= 0.6 is 22.9 Å². The van der Waals surface area contributed by atoms with Gasteiger partial charge >= 0.3 is 5.97 Å². The number of carbonyl (C=O) groups excluding carboxylic acids is 3. The average Bonchev–Trinajstić information content (AvgIpc) is 3.21. The van der Waals surface area contributed by atoms with E-state index in [-0.39, 0.29) is 12.1 Å². The summed E-state index contributed by atoms with van der Waals surface area (Å²) in [5.41, 5.74) is 3.17. The fourth-order valence-electron chi connectivity index (χ4n) is 3.00. The first-order chi connectivity index (χ1) is 16.9. The zero-order chi connectivity index (χ0) is 24.8. The third-order valence-corrected chi connectivity index (χ3v) is 6.39. The molecule has 7 nitrogen and oxygen atoms in total. The summed E-state index contributed by atoms with van der Waals surface area (Å²) in [6, 6.07) is 18.9. The summed E-state index contributed by atoms with van der Waals surface area (Å²) >= 11 is 7.59. The highest BCUT2D eigenvalue weighted by Crippen LogP contribution is 2.35. The molecular formula is C25H17ClFN3O4S. The van der Waals surface area contributed by atoms with E-state index in [1.54, 1.807) is 24.3 Å². The lowest BCUT2D eigenvalue weighted by molar-refractivity contribution is -0.120. The molecule has 2 amide bonds. The average molecular weight is 510 g/mol. The first-order valence-corrected chi connectivity index (χ1v) is 11.4. The van der Waals surface area contributed by atoms with Crippen molar-refractivity contribution in [3.63, 3.8) is 0 Å². The molecule has 0 bridgehead atoms. The molecule has 4 rings (SSSR count). The Morgan fingerprint density at radius 2 is 1.71 bits per heavy atom. The summed E-state index contributed by atoms with van der Waals surface area (Å²) in [4.78, 5) is 36.6. The van der Waals surface area contributed by atoms with E-state index in [1.807, 2.05) is 24.3 Å². The first-order valence-electron chi connectivity index (χ1n) is 10.3. The maximum absolute atomic E-state index is 12.9. The molecular weight excluding hydrogens is 493 g/mol. The van der Waals surface area contributed by atoms with Gasteiger partial charge in [0.05, 0.1) is 17.8 Å². The molecule has 0 saturated heterocycles. The number of carbonyl (C=O) groups is 3. The van der Waals surface area contributed by atoms with Crippen LogP contribution in [0.3, 0.4) is 0 Å². The summed E-state index contributed by atoms with van der Waals surface area (Å²) in [7, 11) is 0. The van der Waals surface area contributed by atoms with Crippen molar-refractivity contribution in [2.75, 3.05) is 6.54 Å². The molecule has 0 saturated carbocycles. The summed E-state index contributed by atoms with van der Waals surface area (Å²) in [5, 5.41) is 7.41. The molecule has 0 spiro atoms. The van der Waals surface area contributed by atoms with Crippen molar-refractivity contribution in [1.29, 1.82) is 0 Å². The van der Waals surface area contributed by atoms with Gasteiger partial charge in [0.15, 0.2) is 0 Å². The quantitative estimate of drug-likeness (QED) is 0.162. The Balaban J connectivity index is 1.26. The molecule has 10 heteroatoms. The van der Waals surface area contributed by atoms with E-state index in [2.05, 4.69) is 15.8 Å². The van der Waals surface area contributed by atoms with Gasteiger partial charge in [-0.3, -0.25) is 9.59 Å². The number of hydrogen-bond acceptors (Lipinski definition) is 6. The van der Waals surface area contributed by atoms with Crippen molar-refractivity contribution in [3.8, 4) is 5.75 Å². The van der Waals surface area contributed by atoms with Gasteiger partial charge in [-0.2, -0.15) is 5.10 Å². The van der Waals surface area contributed by atoms with Gasteiger partial charge in [-0.1, -0.05) is 29.8 Å². The Kier molecular flexibility index (Phi) is 7.49. The van der Waals surface area contributed by atoms with Crippen molar-refractivity contribution in [3.05, 3.63) is 99.6 Å². The van der Waals surface area contributed by atoms with Gasteiger partial charge in [0.1, 0.15) is 16.4 Å².